The van der Waals surface area contributed by atoms with Gasteiger partial charge < -0.3 is 24.1 Å². The van der Waals surface area contributed by atoms with Crippen LogP contribution in [0.3, 0.4) is 0 Å². The number of carbonyl (C=O) groups excluding carboxylic acids is 1. The van der Waals surface area contributed by atoms with Crippen molar-refractivity contribution in [2.75, 3.05) is 14.2 Å². The number of para-hydroxylation sites is 1. The molecule has 146 valence electrons. The van der Waals surface area contributed by atoms with E-state index in [0.717, 1.165) is 5.56 Å². The van der Waals surface area contributed by atoms with Gasteiger partial charge in [-0.3, -0.25) is 4.79 Å². The van der Waals surface area contributed by atoms with Gasteiger partial charge in [0.05, 0.1) is 20.8 Å². The lowest BCUT2D eigenvalue weighted by molar-refractivity contribution is -0.127. The molecule has 7 heteroatoms. The van der Waals surface area contributed by atoms with Gasteiger partial charge in [0.2, 0.25) is 0 Å². The maximum absolute atomic E-state index is 12.2. The number of nitrogens with zero attached hydrogens (tertiary/aromatic N) is 1. The molecule has 1 aromatic heterocycles. The van der Waals surface area contributed by atoms with E-state index in [1.165, 1.54) is 0 Å². The molecule has 0 aliphatic carbocycles. The molecule has 0 aliphatic rings. The number of benzene rings is 2. The zero-order valence-corrected chi connectivity index (χ0v) is 16.0. The minimum atomic E-state index is -0.625. The topological polar surface area (TPSA) is 82.8 Å². The van der Waals surface area contributed by atoms with Gasteiger partial charge >= 0.3 is 0 Å². The molecule has 1 amide bonds. The molecule has 0 aliphatic heterocycles. The first-order valence-corrected chi connectivity index (χ1v) is 8.78. The summed E-state index contributed by atoms with van der Waals surface area (Å²) >= 11 is 0. The van der Waals surface area contributed by atoms with Crippen LogP contribution in [-0.2, 0) is 11.3 Å². The number of rotatable bonds is 8. The molecule has 7 nitrogen and oxygen atoms in total. The monoisotopic (exact) mass is 382 g/mol. The second-order valence-corrected chi connectivity index (χ2v) is 6.04. The van der Waals surface area contributed by atoms with Gasteiger partial charge in [-0.1, -0.05) is 23.4 Å². The van der Waals surface area contributed by atoms with Crippen molar-refractivity contribution in [3.63, 3.8) is 0 Å². The van der Waals surface area contributed by atoms with Crippen LogP contribution in [-0.4, -0.2) is 31.4 Å². The first-order valence-electron chi connectivity index (χ1n) is 8.78. The number of methoxy groups -OCH3 is 2. The van der Waals surface area contributed by atoms with Crippen molar-refractivity contribution < 1.29 is 23.5 Å². The Labute approximate surface area is 163 Å². The van der Waals surface area contributed by atoms with E-state index in [9.17, 15) is 4.79 Å². The number of nitrogens with one attached hydrogen (secondary N) is 1. The normalized spacial score (nSPS) is 11.5. The Morgan fingerprint density at radius 2 is 1.82 bits per heavy atom. The molecule has 1 heterocycles. The number of hydrogen-bond donors (Lipinski definition) is 1. The van der Waals surface area contributed by atoms with Crippen molar-refractivity contribution in [3.8, 4) is 28.6 Å². The van der Waals surface area contributed by atoms with Crippen LogP contribution in [0.1, 0.15) is 12.6 Å². The average molecular weight is 382 g/mol. The molecular formula is C21H22N2O5. The molecule has 2 aromatic carbocycles. The van der Waals surface area contributed by atoms with E-state index in [4.69, 9.17) is 18.7 Å². The van der Waals surface area contributed by atoms with Crippen LogP contribution in [0, 0.1) is 0 Å². The quantitative estimate of drug-likeness (QED) is 0.643. The van der Waals surface area contributed by atoms with Gasteiger partial charge in [0.15, 0.2) is 23.4 Å². The van der Waals surface area contributed by atoms with Crippen LogP contribution < -0.4 is 19.5 Å². The minimum absolute atomic E-state index is 0.234. The lowest BCUT2D eigenvalue weighted by Gasteiger charge is -2.13. The van der Waals surface area contributed by atoms with E-state index in [-0.39, 0.29) is 12.5 Å². The van der Waals surface area contributed by atoms with Crippen LogP contribution in [0.25, 0.3) is 11.3 Å². The third kappa shape index (κ3) is 4.62. The van der Waals surface area contributed by atoms with E-state index in [1.807, 2.05) is 24.3 Å². The minimum Gasteiger partial charge on any atom is -0.493 e. The fourth-order valence-electron chi connectivity index (χ4n) is 2.60. The highest BCUT2D eigenvalue weighted by atomic mass is 16.5. The number of hydrogen-bond acceptors (Lipinski definition) is 6. The number of ether oxygens (including phenoxy) is 3. The summed E-state index contributed by atoms with van der Waals surface area (Å²) in [6.45, 7) is 1.93. The third-order valence-electron chi connectivity index (χ3n) is 4.10. The van der Waals surface area contributed by atoms with Crippen LogP contribution >= 0.6 is 0 Å². The molecule has 1 atom stereocenters. The van der Waals surface area contributed by atoms with E-state index in [1.54, 1.807) is 51.5 Å². The molecule has 0 radical (unpaired) electrons. The highest BCUT2D eigenvalue weighted by Crippen LogP contribution is 2.32. The second kappa shape index (κ2) is 8.94. The number of amides is 1. The SMILES string of the molecule is COc1ccc(-c2cc(CNC(=O)C(C)Oc3ccccc3)no2)cc1OC. The van der Waals surface area contributed by atoms with Gasteiger partial charge in [0.1, 0.15) is 11.4 Å². The third-order valence-corrected chi connectivity index (χ3v) is 4.10. The Kier molecular flexibility index (Phi) is 6.16. The molecule has 0 fully saturated rings. The summed E-state index contributed by atoms with van der Waals surface area (Å²) in [6, 6.07) is 16.4. The molecule has 0 bridgehead atoms. The molecule has 0 saturated heterocycles. The molecule has 3 aromatic rings. The maximum atomic E-state index is 12.2. The first kappa shape index (κ1) is 19.3. The van der Waals surface area contributed by atoms with Gasteiger partial charge in [-0.05, 0) is 37.3 Å². The summed E-state index contributed by atoms with van der Waals surface area (Å²) in [6.07, 6.45) is -0.625. The van der Waals surface area contributed by atoms with Crippen molar-refractivity contribution >= 4 is 5.91 Å². The Morgan fingerprint density at radius 1 is 1.07 bits per heavy atom. The molecule has 28 heavy (non-hydrogen) atoms. The second-order valence-electron chi connectivity index (χ2n) is 6.04. The van der Waals surface area contributed by atoms with Crippen molar-refractivity contribution in [1.82, 2.24) is 10.5 Å². The zero-order valence-electron chi connectivity index (χ0n) is 16.0. The van der Waals surface area contributed by atoms with Gasteiger partial charge in [-0.25, -0.2) is 0 Å². The first-order chi connectivity index (χ1) is 13.6. The highest BCUT2D eigenvalue weighted by molar-refractivity contribution is 5.80. The van der Waals surface area contributed by atoms with Crippen LogP contribution in [0.5, 0.6) is 17.2 Å². The van der Waals surface area contributed by atoms with Crippen molar-refractivity contribution in [1.29, 1.82) is 0 Å². The smallest absolute Gasteiger partial charge is 0.261 e. The maximum Gasteiger partial charge on any atom is 0.261 e. The molecule has 0 spiro atoms. The van der Waals surface area contributed by atoms with Crippen LogP contribution in [0.15, 0.2) is 59.1 Å². The summed E-state index contributed by atoms with van der Waals surface area (Å²) < 4.78 is 21.5. The van der Waals surface area contributed by atoms with Gasteiger partial charge in [0, 0.05) is 11.6 Å². The molecular weight excluding hydrogens is 360 g/mol. The van der Waals surface area contributed by atoms with Gasteiger partial charge in [-0.15, -0.1) is 0 Å². The van der Waals surface area contributed by atoms with E-state index in [2.05, 4.69) is 10.5 Å². The van der Waals surface area contributed by atoms with Gasteiger partial charge in [-0.2, -0.15) is 0 Å². The standard InChI is InChI=1S/C21H22N2O5/c1-14(27-17-7-5-4-6-8-17)21(24)22-13-16-12-19(28-23-16)15-9-10-18(25-2)20(11-15)26-3/h4-12,14H,13H2,1-3H3,(H,22,24). The van der Waals surface area contributed by atoms with E-state index in [0.29, 0.717) is 28.7 Å². The summed E-state index contributed by atoms with van der Waals surface area (Å²) in [4.78, 5) is 12.2. The average Bonchev–Trinajstić information content (AvgIpc) is 3.21. The predicted molar refractivity (Wildman–Crippen MR) is 103 cm³/mol. The fourth-order valence-corrected chi connectivity index (χ4v) is 2.60. The van der Waals surface area contributed by atoms with Crippen LogP contribution in [0.4, 0.5) is 0 Å². The summed E-state index contributed by atoms with van der Waals surface area (Å²) in [5.41, 5.74) is 1.40. The highest BCUT2D eigenvalue weighted by Gasteiger charge is 2.16. The number of aromatic nitrogens is 1. The zero-order chi connectivity index (χ0) is 19.9. The summed E-state index contributed by atoms with van der Waals surface area (Å²) in [5.74, 6) is 2.20. The Morgan fingerprint density at radius 3 is 2.54 bits per heavy atom. The molecule has 1 N–H and O–H groups in total. The van der Waals surface area contributed by atoms with E-state index >= 15 is 0 Å². The predicted octanol–water partition coefficient (Wildman–Crippen LogP) is 3.44. The Balaban J connectivity index is 1.59. The molecule has 0 saturated carbocycles. The lowest BCUT2D eigenvalue weighted by Crippen LogP contribution is -2.35. The van der Waals surface area contributed by atoms with Gasteiger partial charge in [0.25, 0.3) is 5.91 Å². The largest absolute Gasteiger partial charge is 0.493 e. The summed E-state index contributed by atoms with van der Waals surface area (Å²) in [7, 11) is 3.15. The fraction of sp³-hybridized carbons (Fsp3) is 0.238. The van der Waals surface area contributed by atoms with Crippen molar-refractivity contribution in [2.45, 2.75) is 19.6 Å². The Bertz CT molecular complexity index is 924. The molecule has 3 rings (SSSR count). The van der Waals surface area contributed by atoms with Crippen molar-refractivity contribution in [3.05, 3.63) is 60.3 Å². The lowest BCUT2D eigenvalue weighted by atomic mass is 10.1. The van der Waals surface area contributed by atoms with Crippen molar-refractivity contribution in [2.24, 2.45) is 0 Å². The summed E-state index contributed by atoms with van der Waals surface area (Å²) in [5, 5.41) is 6.80. The molecule has 1 unspecified atom stereocenters. The Hall–Kier alpha value is -3.48. The number of carbonyl (C=O) groups is 1. The van der Waals surface area contributed by atoms with Crippen LogP contribution in [0.2, 0.25) is 0 Å². The van der Waals surface area contributed by atoms with E-state index < -0.39 is 6.10 Å².